The van der Waals surface area contributed by atoms with E-state index in [4.69, 9.17) is 18.5 Å². The van der Waals surface area contributed by atoms with Crippen LogP contribution in [0.2, 0.25) is 0 Å². The minimum atomic E-state index is -1.48. The number of aliphatic hydroxyl groups is 2. The fourth-order valence-electron chi connectivity index (χ4n) is 7.48. The van der Waals surface area contributed by atoms with Gasteiger partial charge in [-0.3, -0.25) is 9.59 Å². The van der Waals surface area contributed by atoms with Gasteiger partial charge in [0.15, 0.2) is 5.78 Å². The number of carbonyl (C=O) groups is 2. The summed E-state index contributed by atoms with van der Waals surface area (Å²) in [6.07, 6.45) is -0.704. The molecule has 2 N–H and O–H groups in total. The van der Waals surface area contributed by atoms with Gasteiger partial charge in [-0.15, -0.1) is 89.3 Å². The normalized spacial score (nSPS) is 33.4. The summed E-state index contributed by atoms with van der Waals surface area (Å²) < 4.78 is 26.9. The summed E-state index contributed by atoms with van der Waals surface area (Å²) in [6, 6.07) is 0. The van der Waals surface area contributed by atoms with Gasteiger partial charge in [0.2, 0.25) is 0 Å². The number of ketones is 1. The van der Waals surface area contributed by atoms with Crippen molar-refractivity contribution in [2.75, 3.05) is 6.61 Å². The van der Waals surface area contributed by atoms with E-state index in [9.17, 15) is 19.8 Å². The van der Waals surface area contributed by atoms with Gasteiger partial charge < -0.3 is 28.7 Å². The highest BCUT2D eigenvalue weighted by Crippen LogP contribution is 3.17. The molecule has 0 spiro atoms. The molecule has 0 amide bonds. The van der Waals surface area contributed by atoms with E-state index >= 15 is 0 Å². The number of carbonyl (C=O) groups excluding carboxylic acids is 2. The molecule has 16 unspecified atom stereocenters. The second-order valence-electron chi connectivity index (χ2n) is 13.7. The standard InChI is InChI=1S/C23H56O8P20/c1-11-9-21(4,5)14(7-15(11)30-44(50(42)47(36)37)51(48(38)39)49(40)41)18(29-13(3)25)19-22(6,20(26)12(2)24)16(8-17-23(19,27)10-28-17)31-43(45(32)33)46(34)35/h9,14-20,26-27H,7-8,10,32-42H2,1-6H3/t14?,15-,16-,17+,18?,19?,20+,22+,23-,44?,50?/m0/s1. The number of fused-ring (bicyclic) bond motifs is 1. The third kappa shape index (κ3) is 12.5. The molecule has 8 nitrogen and oxygen atoms in total. The van der Waals surface area contributed by atoms with Gasteiger partial charge in [-0.25, -0.2) is 0 Å². The summed E-state index contributed by atoms with van der Waals surface area (Å²) in [7, 11) is 31.2. The Labute approximate surface area is 341 Å². The van der Waals surface area contributed by atoms with Crippen molar-refractivity contribution in [3.63, 3.8) is 0 Å². The molecule has 0 aromatic heterocycles. The Hall–Kier alpha value is 7.28. The first-order valence-electron chi connectivity index (χ1n) is 15.5. The monoisotopic (exact) mass is 1080 g/mol. The number of esters is 1. The molecular formula is C23H56O8P20. The predicted octanol–water partition coefficient (Wildman–Crippen LogP) is 13.1. The molecular weight excluding hydrogens is 1020 g/mol. The van der Waals surface area contributed by atoms with Gasteiger partial charge in [-0.05, 0) is 66.2 Å². The van der Waals surface area contributed by atoms with E-state index in [1.807, 2.05) is 6.92 Å². The molecule has 0 bridgehead atoms. The van der Waals surface area contributed by atoms with Gasteiger partial charge in [0.1, 0.15) is 17.8 Å². The largest absolute Gasteiger partial charge is 0.462 e. The Morgan fingerprint density at radius 3 is 1.82 bits per heavy atom. The Kier molecular flexibility index (Phi) is 23.0. The molecule has 2 fully saturated rings. The van der Waals surface area contributed by atoms with Gasteiger partial charge in [0.05, 0.1) is 40.0 Å². The van der Waals surface area contributed by atoms with Crippen LogP contribution in [-0.4, -0.2) is 64.7 Å². The van der Waals surface area contributed by atoms with Crippen molar-refractivity contribution in [2.45, 2.75) is 90.5 Å². The van der Waals surface area contributed by atoms with Gasteiger partial charge in [-0.1, -0.05) is 35.8 Å². The maximum Gasteiger partial charge on any atom is 0.302 e. The molecule has 3 aliphatic rings. The average Bonchev–Trinajstić information content (AvgIpc) is 2.97. The quantitative estimate of drug-likeness (QED) is 0.0893. The molecule has 1 aliphatic heterocycles. The van der Waals surface area contributed by atoms with Gasteiger partial charge in [-0.2, -0.15) is 0 Å². The summed E-state index contributed by atoms with van der Waals surface area (Å²) in [5.41, 5.74) is -2.10. The number of allylic oxidation sites excluding steroid dienone is 1. The van der Waals surface area contributed by atoms with E-state index in [-0.39, 0.29) is 18.6 Å². The maximum atomic E-state index is 13.3. The van der Waals surface area contributed by atoms with Crippen LogP contribution in [0.1, 0.15) is 54.4 Å². The molecule has 0 aromatic carbocycles. The number of Topliss-reactive ketones (excluding diaryl/α,β-unsaturated/α-hetero) is 1. The summed E-state index contributed by atoms with van der Waals surface area (Å²) in [5.74, 6) is -2.09. The average molecular weight is 1080 g/mol. The summed E-state index contributed by atoms with van der Waals surface area (Å²) in [6.45, 7) is 7.63. The summed E-state index contributed by atoms with van der Waals surface area (Å²) in [4.78, 5) is 26.5. The Balaban J connectivity index is 2.24. The van der Waals surface area contributed by atoms with Crippen molar-refractivity contribution in [2.24, 2.45) is 22.7 Å². The van der Waals surface area contributed by atoms with Crippen LogP contribution in [0.25, 0.3) is 0 Å². The van der Waals surface area contributed by atoms with Crippen LogP contribution in [0.5, 0.6) is 0 Å². The highest BCUT2D eigenvalue weighted by molar-refractivity contribution is 9.19. The van der Waals surface area contributed by atoms with Crippen molar-refractivity contribution >= 4 is 174 Å². The van der Waals surface area contributed by atoms with Crippen LogP contribution < -0.4 is 0 Å². The zero-order valence-corrected chi connectivity index (χ0v) is 50.2. The lowest BCUT2D eigenvalue weighted by Gasteiger charge is -2.65. The molecule has 51 heavy (non-hydrogen) atoms. The molecule has 1 heterocycles. The Morgan fingerprint density at radius 1 is 0.863 bits per heavy atom. The molecule has 2 aliphatic carbocycles. The number of rotatable bonds is 16. The first-order chi connectivity index (χ1) is 23.3. The molecule has 1 saturated carbocycles. The van der Waals surface area contributed by atoms with Gasteiger partial charge >= 0.3 is 5.97 Å². The van der Waals surface area contributed by atoms with Crippen LogP contribution in [0, 0.1) is 22.7 Å². The number of aliphatic hydroxyl groups excluding tert-OH is 1. The van der Waals surface area contributed by atoms with E-state index in [0.29, 0.717) is 12.8 Å². The first kappa shape index (κ1) is 52.6. The Morgan fingerprint density at radius 2 is 1.41 bits per heavy atom. The van der Waals surface area contributed by atoms with Gasteiger partial charge in [0.25, 0.3) is 0 Å². The first-order valence-corrected chi connectivity index (χ1v) is 50.1. The highest BCUT2D eigenvalue weighted by Gasteiger charge is 2.71. The second-order valence-corrected chi connectivity index (χ2v) is 86.1. The summed E-state index contributed by atoms with van der Waals surface area (Å²) in [5, 5.41) is 24.7. The molecule has 22 atom stereocenters. The number of ether oxygens (including phenoxy) is 2. The van der Waals surface area contributed by atoms with Crippen molar-refractivity contribution in [3.8, 4) is 0 Å². The molecule has 0 radical (unpaired) electrons. The van der Waals surface area contributed by atoms with E-state index in [2.05, 4.69) is 125 Å². The predicted molar refractivity (Wildman–Crippen MR) is 278 cm³/mol. The topological polar surface area (TPSA) is 112 Å². The fraction of sp³-hybridized carbons (Fsp3) is 0.826. The smallest absolute Gasteiger partial charge is 0.302 e. The molecule has 1 saturated heterocycles. The van der Waals surface area contributed by atoms with Crippen molar-refractivity contribution in [1.82, 2.24) is 0 Å². The third-order valence-corrected chi connectivity index (χ3v) is 103. The zero-order valence-electron chi connectivity index (χ0n) is 29.5. The van der Waals surface area contributed by atoms with Crippen LogP contribution in [0.15, 0.2) is 11.6 Å². The Bertz CT molecular complexity index is 1250. The van der Waals surface area contributed by atoms with E-state index in [0.717, 1.165) is 5.57 Å². The van der Waals surface area contributed by atoms with Crippen LogP contribution in [0.3, 0.4) is 0 Å². The summed E-state index contributed by atoms with van der Waals surface area (Å²) >= 11 is 0. The van der Waals surface area contributed by atoms with Crippen LogP contribution in [-0.2, 0) is 28.1 Å². The zero-order chi connectivity index (χ0) is 39.1. The SMILES string of the molecule is CC(=O)OC(C1C[C@H](OP(P(P)P(P)P)P(P(P)P)P(P)P)C(C)=CC1(C)C)C1[C@](C)([C@H](O)C(C)=O)[C@@H](OP(P(P)P)P(P)P)C[C@H]2OC[C@@]12O. The van der Waals surface area contributed by atoms with E-state index in [1.54, 1.807) is 0 Å². The minimum Gasteiger partial charge on any atom is -0.462 e. The molecule has 3 rings (SSSR count). The van der Waals surface area contributed by atoms with Crippen molar-refractivity contribution in [3.05, 3.63) is 11.6 Å². The van der Waals surface area contributed by atoms with E-state index < -0.39 is 122 Å². The third-order valence-electron chi connectivity index (χ3n) is 9.75. The lowest BCUT2D eigenvalue weighted by atomic mass is 9.49. The minimum absolute atomic E-state index is 0.0142. The number of hydrogen-bond acceptors (Lipinski definition) is 8. The molecule has 0 aromatic rings. The molecule has 28 heteroatoms. The van der Waals surface area contributed by atoms with Crippen LogP contribution in [0.4, 0.5) is 0 Å². The second kappa shape index (κ2) is 22.3. The van der Waals surface area contributed by atoms with Crippen LogP contribution >= 0.6 is 162 Å². The van der Waals surface area contributed by atoms with Crippen molar-refractivity contribution in [1.29, 1.82) is 0 Å². The number of hydrogen-bond donors (Lipinski definition) is 2. The maximum absolute atomic E-state index is 13.3. The highest BCUT2D eigenvalue weighted by atomic mass is 33.2. The lowest BCUT2D eigenvalue weighted by molar-refractivity contribution is -0.342. The molecule has 296 valence electrons. The fourth-order valence-corrected chi connectivity index (χ4v) is 136. The lowest BCUT2D eigenvalue weighted by Crippen LogP contribution is -2.77. The van der Waals surface area contributed by atoms with Crippen molar-refractivity contribution < 1.29 is 38.3 Å². The van der Waals surface area contributed by atoms with E-state index in [1.165, 1.54) is 13.8 Å². The van der Waals surface area contributed by atoms with Gasteiger partial charge in [0, 0.05) is 44.6 Å².